The van der Waals surface area contributed by atoms with Gasteiger partial charge in [-0.15, -0.1) is 11.3 Å². The van der Waals surface area contributed by atoms with Gasteiger partial charge >= 0.3 is 0 Å². The molecule has 2 rings (SSSR count). The topological polar surface area (TPSA) is 66.5 Å². The lowest BCUT2D eigenvalue weighted by Crippen LogP contribution is -2.42. The lowest BCUT2D eigenvalue weighted by molar-refractivity contribution is 0.267. The van der Waals surface area contributed by atoms with Crippen molar-refractivity contribution < 1.29 is 0 Å². The zero-order valence-electron chi connectivity index (χ0n) is 11.7. The summed E-state index contributed by atoms with van der Waals surface area (Å²) in [5, 5.41) is 3.24. The smallest absolute Gasteiger partial charge is 0.189 e. The molecule has 1 unspecified atom stereocenters. The molecular formula is C13H23N5S. The van der Waals surface area contributed by atoms with Gasteiger partial charge in [0.1, 0.15) is 0 Å². The van der Waals surface area contributed by atoms with Gasteiger partial charge in [-0.1, -0.05) is 6.92 Å². The average molecular weight is 281 g/mol. The van der Waals surface area contributed by atoms with Crippen molar-refractivity contribution in [3.8, 4) is 0 Å². The molecule has 1 fully saturated rings. The molecule has 1 saturated heterocycles. The summed E-state index contributed by atoms with van der Waals surface area (Å²) in [6, 6.07) is 0.601. The van der Waals surface area contributed by atoms with Gasteiger partial charge in [0, 0.05) is 17.5 Å². The molecule has 1 aliphatic heterocycles. The summed E-state index contributed by atoms with van der Waals surface area (Å²) in [6.45, 7) is 8.05. The Morgan fingerprint density at radius 1 is 1.68 bits per heavy atom. The molecular weight excluding hydrogens is 258 g/mol. The van der Waals surface area contributed by atoms with Crippen molar-refractivity contribution in [3.05, 3.63) is 16.1 Å². The fourth-order valence-corrected chi connectivity index (χ4v) is 3.16. The number of likely N-dealkylation sites (tertiary alicyclic amines) is 1. The third kappa shape index (κ3) is 3.91. The van der Waals surface area contributed by atoms with Gasteiger partial charge in [0.2, 0.25) is 0 Å². The van der Waals surface area contributed by atoms with Crippen molar-refractivity contribution in [1.29, 1.82) is 0 Å². The second-order valence-electron chi connectivity index (χ2n) is 4.87. The number of hydrogen-bond acceptors (Lipinski definition) is 4. The zero-order valence-corrected chi connectivity index (χ0v) is 12.5. The van der Waals surface area contributed by atoms with E-state index >= 15 is 0 Å². The van der Waals surface area contributed by atoms with Gasteiger partial charge in [-0.05, 0) is 32.9 Å². The number of hydrogen-bond donors (Lipinski definition) is 2. The van der Waals surface area contributed by atoms with Crippen LogP contribution in [0, 0.1) is 6.92 Å². The van der Waals surface area contributed by atoms with Crippen LogP contribution < -0.4 is 11.1 Å². The summed E-state index contributed by atoms with van der Waals surface area (Å²) in [5.41, 5.74) is 8.81. The summed E-state index contributed by atoms with van der Waals surface area (Å²) in [7, 11) is 0. The predicted molar refractivity (Wildman–Crippen MR) is 80.4 cm³/mol. The minimum absolute atomic E-state index is 0.538. The highest BCUT2D eigenvalue weighted by Crippen LogP contribution is 2.15. The van der Waals surface area contributed by atoms with Gasteiger partial charge < -0.3 is 11.1 Å². The number of aromatic nitrogens is 1. The van der Waals surface area contributed by atoms with Gasteiger partial charge in [0.15, 0.2) is 5.96 Å². The molecule has 0 saturated carbocycles. The first-order valence-electron chi connectivity index (χ1n) is 6.87. The van der Waals surface area contributed by atoms with E-state index in [0.717, 1.165) is 18.8 Å². The van der Waals surface area contributed by atoms with Gasteiger partial charge in [0.05, 0.1) is 17.7 Å². The standard InChI is InChI=1S/C13H23N5S/c1-3-18-6-4-5-11(18)7-15-13(14)16-8-12-10(2)17-9-19-12/h9,11H,3-8H2,1-2H3,(H3,14,15,16). The number of rotatable bonds is 5. The molecule has 106 valence electrons. The van der Waals surface area contributed by atoms with E-state index in [-0.39, 0.29) is 0 Å². The Balaban J connectivity index is 1.77. The highest BCUT2D eigenvalue weighted by molar-refractivity contribution is 7.09. The minimum atomic E-state index is 0.538. The molecule has 1 aliphatic rings. The molecule has 0 bridgehead atoms. The maximum absolute atomic E-state index is 5.91. The van der Waals surface area contributed by atoms with E-state index in [1.54, 1.807) is 11.3 Å². The first-order chi connectivity index (χ1) is 9.20. The Morgan fingerprint density at radius 2 is 2.53 bits per heavy atom. The molecule has 0 spiro atoms. The number of guanidine groups is 1. The molecule has 1 aromatic rings. The zero-order chi connectivity index (χ0) is 13.7. The molecule has 0 radical (unpaired) electrons. The van der Waals surface area contributed by atoms with Crippen molar-refractivity contribution in [2.24, 2.45) is 10.7 Å². The molecule has 2 heterocycles. The highest BCUT2D eigenvalue weighted by Gasteiger charge is 2.22. The molecule has 1 atom stereocenters. The van der Waals surface area contributed by atoms with Crippen LogP contribution in [0.15, 0.2) is 10.5 Å². The molecule has 6 heteroatoms. The average Bonchev–Trinajstić information content (AvgIpc) is 3.02. The maximum Gasteiger partial charge on any atom is 0.189 e. The highest BCUT2D eigenvalue weighted by atomic mass is 32.1. The van der Waals surface area contributed by atoms with Crippen LogP contribution in [-0.4, -0.2) is 41.5 Å². The van der Waals surface area contributed by atoms with E-state index in [9.17, 15) is 0 Å². The third-order valence-electron chi connectivity index (χ3n) is 3.66. The van der Waals surface area contributed by atoms with Crippen LogP contribution >= 0.6 is 11.3 Å². The fraction of sp³-hybridized carbons (Fsp3) is 0.692. The Kier molecular flexibility index (Phi) is 5.15. The van der Waals surface area contributed by atoms with Crippen molar-refractivity contribution >= 4 is 17.3 Å². The molecule has 1 aromatic heterocycles. The summed E-state index contributed by atoms with van der Waals surface area (Å²) < 4.78 is 0. The van der Waals surface area contributed by atoms with E-state index < -0.39 is 0 Å². The summed E-state index contributed by atoms with van der Waals surface area (Å²) >= 11 is 1.63. The molecule has 0 aliphatic carbocycles. The van der Waals surface area contributed by atoms with Crippen LogP contribution in [0.1, 0.15) is 30.3 Å². The molecule has 0 amide bonds. The summed E-state index contributed by atoms with van der Waals surface area (Å²) in [4.78, 5) is 12.3. The predicted octanol–water partition coefficient (Wildman–Crippen LogP) is 1.34. The van der Waals surface area contributed by atoms with Gasteiger partial charge in [-0.3, -0.25) is 4.90 Å². The van der Waals surface area contributed by atoms with Crippen LogP contribution in [0.4, 0.5) is 0 Å². The quantitative estimate of drug-likeness (QED) is 0.631. The van der Waals surface area contributed by atoms with Crippen LogP contribution in [0.2, 0.25) is 0 Å². The van der Waals surface area contributed by atoms with Crippen molar-refractivity contribution in [2.45, 2.75) is 39.3 Å². The summed E-state index contributed by atoms with van der Waals surface area (Å²) in [5.74, 6) is 0.538. The maximum atomic E-state index is 5.91. The second kappa shape index (κ2) is 6.86. The number of aryl methyl sites for hydroxylation is 1. The van der Waals surface area contributed by atoms with E-state index in [1.165, 1.54) is 24.3 Å². The van der Waals surface area contributed by atoms with E-state index in [4.69, 9.17) is 5.73 Å². The number of nitrogens with zero attached hydrogens (tertiary/aromatic N) is 3. The largest absolute Gasteiger partial charge is 0.370 e. The van der Waals surface area contributed by atoms with Crippen LogP contribution in [0.5, 0.6) is 0 Å². The molecule has 19 heavy (non-hydrogen) atoms. The SMILES string of the molecule is CCN1CCCC1CNC(N)=NCc1scnc1C. The second-order valence-corrected chi connectivity index (χ2v) is 5.81. The van der Waals surface area contributed by atoms with E-state index in [1.807, 2.05) is 12.4 Å². The van der Waals surface area contributed by atoms with Crippen molar-refractivity contribution in [1.82, 2.24) is 15.2 Å². The fourth-order valence-electron chi connectivity index (χ4n) is 2.46. The van der Waals surface area contributed by atoms with Gasteiger partial charge in [-0.25, -0.2) is 9.98 Å². The molecule has 3 N–H and O–H groups in total. The van der Waals surface area contributed by atoms with Crippen LogP contribution in [-0.2, 0) is 6.54 Å². The van der Waals surface area contributed by atoms with Gasteiger partial charge in [0.25, 0.3) is 0 Å². The first-order valence-corrected chi connectivity index (χ1v) is 7.75. The van der Waals surface area contributed by atoms with Crippen molar-refractivity contribution in [2.75, 3.05) is 19.6 Å². The third-order valence-corrected chi connectivity index (χ3v) is 4.58. The van der Waals surface area contributed by atoms with E-state index in [2.05, 4.69) is 27.1 Å². The monoisotopic (exact) mass is 281 g/mol. The van der Waals surface area contributed by atoms with Crippen LogP contribution in [0.25, 0.3) is 0 Å². The molecule has 0 aromatic carbocycles. The van der Waals surface area contributed by atoms with Gasteiger partial charge in [-0.2, -0.15) is 0 Å². The number of aliphatic imine (C=N–C) groups is 1. The Morgan fingerprint density at radius 3 is 3.21 bits per heavy atom. The number of thiazole rings is 1. The Bertz CT molecular complexity index is 428. The summed E-state index contributed by atoms with van der Waals surface area (Å²) in [6.07, 6.45) is 2.54. The first kappa shape index (κ1) is 14.3. The number of nitrogens with two attached hydrogens (primary N) is 1. The van der Waals surface area contributed by atoms with Crippen LogP contribution in [0.3, 0.4) is 0 Å². The minimum Gasteiger partial charge on any atom is -0.370 e. The number of nitrogens with one attached hydrogen (secondary N) is 1. The number of likely N-dealkylation sites (N-methyl/N-ethyl adjacent to an activating group) is 1. The Hall–Kier alpha value is -1.14. The lowest BCUT2D eigenvalue weighted by atomic mass is 10.2. The van der Waals surface area contributed by atoms with E-state index in [0.29, 0.717) is 18.5 Å². The van der Waals surface area contributed by atoms with Crippen molar-refractivity contribution in [3.63, 3.8) is 0 Å². The Labute approximate surface area is 118 Å². The lowest BCUT2D eigenvalue weighted by Gasteiger charge is -2.23. The molecule has 5 nitrogen and oxygen atoms in total. The normalized spacial score (nSPS) is 20.9.